The summed E-state index contributed by atoms with van der Waals surface area (Å²) in [6.45, 7) is 3.32. The standard InChI is InChI=1S/C14H16O4S/c1-9-3-5-11(6-4-9)13(16)18-12-7-8-19-14(12)17-10(2)15/h3-6,12,14H,7-8H2,1-2H3. The lowest BCUT2D eigenvalue weighted by molar-refractivity contribution is -0.145. The highest BCUT2D eigenvalue weighted by Crippen LogP contribution is 2.30. The molecule has 0 aliphatic carbocycles. The monoisotopic (exact) mass is 280 g/mol. The van der Waals surface area contributed by atoms with E-state index in [2.05, 4.69) is 0 Å². The van der Waals surface area contributed by atoms with Gasteiger partial charge < -0.3 is 9.47 Å². The zero-order chi connectivity index (χ0) is 13.8. The van der Waals surface area contributed by atoms with Crippen molar-refractivity contribution in [2.45, 2.75) is 31.8 Å². The zero-order valence-corrected chi connectivity index (χ0v) is 11.7. The maximum Gasteiger partial charge on any atom is 0.338 e. The molecule has 1 heterocycles. The fourth-order valence-electron chi connectivity index (χ4n) is 1.83. The number of rotatable bonds is 3. The summed E-state index contributed by atoms with van der Waals surface area (Å²) in [4.78, 5) is 22.9. The average molecular weight is 280 g/mol. The number of carbonyl (C=O) groups is 2. The van der Waals surface area contributed by atoms with E-state index in [1.54, 1.807) is 12.1 Å². The molecular formula is C14H16O4S. The van der Waals surface area contributed by atoms with Crippen molar-refractivity contribution in [1.82, 2.24) is 0 Å². The summed E-state index contributed by atoms with van der Waals surface area (Å²) < 4.78 is 10.5. The number of thioether (sulfide) groups is 1. The number of hydrogen-bond acceptors (Lipinski definition) is 5. The molecule has 1 fully saturated rings. The van der Waals surface area contributed by atoms with Gasteiger partial charge in [0, 0.05) is 12.7 Å². The van der Waals surface area contributed by atoms with Crippen LogP contribution in [0.3, 0.4) is 0 Å². The minimum Gasteiger partial charge on any atom is -0.454 e. The van der Waals surface area contributed by atoms with E-state index < -0.39 is 0 Å². The van der Waals surface area contributed by atoms with E-state index in [4.69, 9.17) is 9.47 Å². The smallest absolute Gasteiger partial charge is 0.338 e. The normalized spacial score (nSPS) is 22.0. The van der Waals surface area contributed by atoms with Crippen LogP contribution in [0.1, 0.15) is 29.3 Å². The van der Waals surface area contributed by atoms with Crippen molar-refractivity contribution in [1.29, 1.82) is 0 Å². The Kier molecular flexibility index (Phi) is 4.47. The van der Waals surface area contributed by atoms with Gasteiger partial charge in [0.1, 0.15) is 6.10 Å². The first-order chi connectivity index (χ1) is 9.06. The van der Waals surface area contributed by atoms with Gasteiger partial charge in [0.2, 0.25) is 0 Å². The third kappa shape index (κ3) is 3.73. The fraction of sp³-hybridized carbons (Fsp3) is 0.429. The summed E-state index contributed by atoms with van der Waals surface area (Å²) in [5.41, 5.74) is 1.22. The maximum atomic E-state index is 12.0. The summed E-state index contributed by atoms with van der Waals surface area (Å²) in [6, 6.07) is 7.20. The van der Waals surface area contributed by atoms with Crippen molar-refractivity contribution in [3.63, 3.8) is 0 Å². The van der Waals surface area contributed by atoms with Gasteiger partial charge in [0.15, 0.2) is 5.44 Å². The molecule has 0 radical (unpaired) electrons. The highest BCUT2D eigenvalue weighted by Gasteiger charge is 2.33. The number of hydrogen-bond donors (Lipinski definition) is 0. The van der Waals surface area contributed by atoms with Crippen LogP contribution in [0.15, 0.2) is 24.3 Å². The van der Waals surface area contributed by atoms with Crippen LogP contribution in [0.4, 0.5) is 0 Å². The van der Waals surface area contributed by atoms with Gasteiger partial charge in [0.05, 0.1) is 5.56 Å². The molecule has 1 saturated heterocycles. The lowest BCUT2D eigenvalue weighted by atomic mass is 10.1. The molecule has 19 heavy (non-hydrogen) atoms. The van der Waals surface area contributed by atoms with E-state index >= 15 is 0 Å². The first-order valence-electron chi connectivity index (χ1n) is 6.13. The van der Waals surface area contributed by atoms with Gasteiger partial charge in [-0.15, -0.1) is 11.8 Å². The Morgan fingerprint density at radius 3 is 2.53 bits per heavy atom. The second-order valence-electron chi connectivity index (χ2n) is 4.45. The molecule has 0 aromatic heterocycles. The predicted octanol–water partition coefficient (Wildman–Crippen LogP) is 2.55. The third-order valence-corrected chi connectivity index (χ3v) is 4.02. The summed E-state index contributed by atoms with van der Waals surface area (Å²) >= 11 is 1.50. The molecular weight excluding hydrogens is 264 g/mol. The molecule has 0 N–H and O–H groups in total. The van der Waals surface area contributed by atoms with Gasteiger partial charge in [-0.3, -0.25) is 4.79 Å². The molecule has 102 valence electrons. The number of benzene rings is 1. The average Bonchev–Trinajstić information content (AvgIpc) is 2.76. The summed E-state index contributed by atoms with van der Waals surface area (Å²) in [5, 5.41) is 0. The van der Waals surface area contributed by atoms with Crippen LogP contribution >= 0.6 is 11.8 Å². The molecule has 4 nitrogen and oxygen atoms in total. The quantitative estimate of drug-likeness (QED) is 0.796. The van der Waals surface area contributed by atoms with Crippen molar-refractivity contribution in [2.24, 2.45) is 0 Å². The van der Waals surface area contributed by atoms with Crippen LogP contribution in [0, 0.1) is 6.92 Å². The van der Waals surface area contributed by atoms with Crippen LogP contribution in [0.25, 0.3) is 0 Å². The Bertz CT molecular complexity index is 469. The van der Waals surface area contributed by atoms with Crippen molar-refractivity contribution in [3.05, 3.63) is 35.4 Å². The van der Waals surface area contributed by atoms with Gasteiger partial charge in [-0.05, 0) is 25.5 Å². The molecule has 2 unspecified atom stereocenters. The molecule has 1 aromatic rings. The highest BCUT2D eigenvalue weighted by atomic mass is 32.2. The van der Waals surface area contributed by atoms with Crippen molar-refractivity contribution < 1.29 is 19.1 Å². The summed E-state index contributed by atoms with van der Waals surface area (Å²) in [7, 11) is 0. The first kappa shape index (κ1) is 13.9. The molecule has 1 aliphatic rings. The molecule has 5 heteroatoms. The van der Waals surface area contributed by atoms with Crippen molar-refractivity contribution >= 4 is 23.7 Å². The van der Waals surface area contributed by atoms with Crippen LogP contribution < -0.4 is 0 Å². The van der Waals surface area contributed by atoms with E-state index in [0.717, 1.165) is 11.3 Å². The Morgan fingerprint density at radius 1 is 1.21 bits per heavy atom. The molecule has 0 bridgehead atoms. The second kappa shape index (κ2) is 6.10. The Balaban J connectivity index is 1.98. The Hall–Kier alpha value is -1.49. The Morgan fingerprint density at radius 2 is 1.89 bits per heavy atom. The fourth-order valence-corrected chi connectivity index (χ4v) is 3.04. The topological polar surface area (TPSA) is 52.6 Å². The summed E-state index contributed by atoms with van der Waals surface area (Å²) in [6.07, 6.45) is 0.350. The molecule has 1 aliphatic heterocycles. The van der Waals surface area contributed by atoms with Crippen LogP contribution in [0.5, 0.6) is 0 Å². The lowest BCUT2D eigenvalue weighted by Crippen LogP contribution is -2.28. The van der Waals surface area contributed by atoms with E-state index in [-0.39, 0.29) is 23.5 Å². The highest BCUT2D eigenvalue weighted by molar-refractivity contribution is 8.00. The van der Waals surface area contributed by atoms with Gasteiger partial charge in [0.25, 0.3) is 0 Å². The number of ether oxygens (including phenoxy) is 2. The van der Waals surface area contributed by atoms with E-state index in [1.165, 1.54) is 18.7 Å². The van der Waals surface area contributed by atoms with E-state index in [9.17, 15) is 9.59 Å². The largest absolute Gasteiger partial charge is 0.454 e. The predicted molar refractivity (Wildman–Crippen MR) is 73.0 cm³/mol. The minimum atomic E-state index is -0.383. The molecule has 2 rings (SSSR count). The van der Waals surface area contributed by atoms with Gasteiger partial charge in [-0.25, -0.2) is 4.79 Å². The maximum absolute atomic E-state index is 12.0. The second-order valence-corrected chi connectivity index (χ2v) is 5.65. The lowest BCUT2D eigenvalue weighted by Gasteiger charge is -2.18. The van der Waals surface area contributed by atoms with Crippen molar-refractivity contribution in [2.75, 3.05) is 5.75 Å². The van der Waals surface area contributed by atoms with Gasteiger partial charge in [-0.2, -0.15) is 0 Å². The van der Waals surface area contributed by atoms with Gasteiger partial charge >= 0.3 is 11.9 Å². The van der Waals surface area contributed by atoms with Crippen LogP contribution in [-0.2, 0) is 14.3 Å². The number of aryl methyl sites for hydroxylation is 1. The van der Waals surface area contributed by atoms with Crippen molar-refractivity contribution in [3.8, 4) is 0 Å². The SMILES string of the molecule is CC(=O)OC1SCCC1OC(=O)c1ccc(C)cc1. The first-order valence-corrected chi connectivity index (χ1v) is 7.17. The minimum absolute atomic E-state index is 0.351. The molecule has 2 atom stereocenters. The van der Waals surface area contributed by atoms with E-state index in [0.29, 0.717) is 12.0 Å². The Labute approximate surface area is 116 Å². The number of carbonyl (C=O) groups excluding carboxylic acids is 2. The number of esters is 2. The molecule has 0 amide bonds. The zero-order valence-electron chi connectivity index (χ0n) is 10.9. The van der Waals surface area contributed by atoms with E-state index in [1.807, 2.05) is 19.1 Å². The summed E-state index contributed by atoms with van der Waals surface area (Å²) in [5.74, 6) is 0.101. The molecule has 1 aromatic carbocycles. The van der Waals surface area contributed by atoms with Crippen LogP contribution in [0.2, 0.25) is 0 Å². The molecule has 0 saturated carbocycles. The third-order valence-electron chi connectivity index (χ3n) is 2.82. The van der Waals surface area contributed by atoms with Gasteiger partial charge in [-0.1, -0.05) is 17.7 Å². The van der Waals surface area contributed by atoms with Crippen LogP contribution in [-0.4, -0.2) is 29.2 Å². The molecule has 0 spiro atoms.